The average Bonchev–Trinajstić information content (AvgIpc) is 3.31. The zero-order chi connectivity index (χ0) is 24.8. The number of methoxy groups -OCH3 is 1. The summed E-state index contributed by atoms with van der Waals surface area (Å²) in [6.45, 7) is 6.56. The summed E-state index contributed by atoms with van der Waals surface area (Å²) in [4.78, 5) is 16.2. The standard InChI is InChI=1S/C30H33NO4/c1-20-27(29(2,3)21-14-16-23(34-4)17-15-21)26(18-19-32)35-30(20)24-12-8-9-13-25(24)31(28(30)33)22-10-6-5-7-11-22/h5-17,20,26-27,32H,18-19H2,1-4H3/t20-,26+,27-,30+/m1/s1. The van der Waals surface area contributed by atoms with E-state index in [-0.39, 0.29) is 35.9 Å². The van der Waals surface area contributed by atoms with Gasteiger partial charge in [0.1, 0.15) is 5.75 Å². The van der Waals surface area contributed by atoms with Gasteiger partial charge in [0.15, 0.2) is 5.60 Å². The van der Waals surface area contributed by atoms with Gasteiger partial charge in [-0.2, -0.15) is 0 Å². The predicted molar refractivity (Wildman–Crippen MR) is 137 cm³/mol. The van der Waals surface area contributed by atoms with Gasteiger partial charge >= 0.3 is 0 Å². The van der Waals surface area contributed by atoms with Crippen LogP contribution in [0.3, 0.4) is 0 Å². The molecule has 5 heteroatoms. The minimum Gasteiger partial charge on any atom is -0.497 e. The Morgan fingerprint density at radius 2 is 1.66 bits per heavy atom. The summed E-state index contributed by atoms with van der Waals surface area (Å²) >= 11 is 0. The van der Waals surface area contributed by atoms with Crippen molar-refractivity contribution in [1.29, 1.82) is 0 Å². The third-order valence-electron chi connectivity index (χ3n) is 8.08. The Morgan fingerprint density at radius 1 is 1.00 bits per heavy atom. The number of benzene rings is 3. The van der Waals surface area contributed by atoms with E-state index in [1.807, 2.05) is 66.7 Å². The maximum Gasteiger partial charge on any atom is 0.268 e. The molecule has 1 N–H and O–H groups in total. The van der Waals surface area contributed by atoms with E-state index in [4.69, 9.17) is 9.47 Å². The van der Waals surface area contributed by atoms with Gasteiger partial charge in [-0.15, -0.1) is 0 Å². The lowest BCUT2D eigenvalue weighted by molar-refractivity contribution is -0.145. The first-order valence-electron chi connectivity index (χ1n) is 12.3. The van der Waals surface area contributed by atoms with Crippen molar-refractivity contribution < 1.29 is 19.4 Å². The second-order valence-corrected chi connectivity index (χ2v) is 10.2. The van der Waals surface area contributed by atoms with E-state index in [2.05, 4.69) is 32.9 Å². The third kappa shape index (κ3) is 3.48. The average molecular weight is 472 g/mol. The maximum absolute atomic E-state index is 14.4. The van der Waals surface area contributed by atoms with E-state index in [1.165, 1.54) is 0 Å². The smallest absolute Gasteiger partial charge is 0.268 e. The molecule has 0 unspecified atom stereocenters. The van der Waals surface area contributed by atoms with E-state index in [0.29, 0.717) is 6.42 Å². The van der Waals surface area contributed by atoms with Gasteiger partial charge in [-0.1, -0.05) is 69.3 Å². The summed E-state index contributed by atoms with van der Waals surface area (Å²) in [5.41, 5.74) is 2.32. The van der Waals surface area contributed by atoms with Gasteiger partial charge in [-0.05, 0) is 47.7 Å². The van der Waals surface area contributed by atoms with Crippen LogP contribution in [0.25, 0.3) is 0 Å². The van der Waals surface area contributed by atoms with Crippen LogP contribution in [0, 0.1) is 11.8 Å². The molecule has 2 heterocycles. The van der Waals surface area contributed by atoms with Crippen molar-refractivity contribution in [2.45, 2.75) is 44.3 Å². The summed E-state index contributed by atoms with van der Waals surface area (Å²) in [6.07, 6.45) is 0.191. The SMILES string of the molecule is COc1ccc(C(C)(C)[C@H]2[C@H](CCO)O[C@@]3(C(=O)N(c4ccccc4)c4ccccc43)[C@@H]2C)cc1. The number of carbonyl (C=O) groups is 1. The molecule has 0 saturated carbocycles. The van der Waals surface area contributed by atoms with Crippen LogP contribution in [0.15, 0.2) is 78.9 Å². The topological polar surface area (TPSA) is 59.0 Å². The molecule has 0 bridgehead atoms. The van der Waals surface area contributed by atoms with Gasteiger partial charge in [0.25, 0.3) is 5.91 Å². The van der Waals surface area contributed by atoms with Crippen LogP contribution in [0.5, 0.6) is 5.75 Å². The summed E-state index contributed by atoms with van der Waals surface area (Å²) in [7, 11) is 1.66. The fraction of sp³-hybridized carbons (Fsp3) is 0.367. The van der Waals surface area contributed by atoms with E-state index in [1.54, 1.807) is 12.0 Å². The van der Waals surface area contributed by atoms with E-state index in [0.717, 1.165) is 28.3 Å². The van der Waals surface area contributed by atoms with Crippen molar-refractivity contribution >= 4 is 17.3 Å². The molecule has 0 aliphatic carbocycles. The first kappa shape index (κ1) is 23.6. The molecule has 2 aliphatic rings. The summed E-state index contributed by atoms with van der Waals surface area (Å²) in [5.74, 6) is 0.615. The zero-order valence-corrected chi connectivity index (χ0v) is 20.8. The molecule has 3 aromatic rings. The van der Waals surface area contributed by atoms with Crippen LogP contribution in [-0.4, -0.2) is 30.8 Å². The van der Waals surface area contributed by atoms with Crippen molar-refractivity contribution in [2.24, 2.45) is 11.8 Å². The number of hydrogen-bond donors (Lipinski definition) is 1. The lowest BCUT2D eigenvalue weighted by atomic mass is 9.63. The lowest BCUT2D eigenvalue weighted by Gasteiger charge is -2.38. The highest BCUT2D eigenvalue weighted by molar-refractivity contribution is 6.12. The Morgan fingerprint density at radius 3 is 2.31 bits per heavy atom. The molecular formula is C30H33NO4. The van der Waals surface area contributed by atoms with Gasteiger partial charge in [-0.25, -0.2) is 0 Å². The Labute approximate surface area is 207 Å². The number of aliphatic hydroxyl groups is 1. The molecule has 35 heavy (non-hydrogen) atoms. The van der Waals surface area contributed by atoms with Crippen molar-refractivity contribution in [3.63, 3.8) is 0 Å². The van der Waals surface area contributed by atoms with Crippen molar-refractivity contribution in [3.8, 4) is 5.75 Å². The molecule has 1 spiro atoms. The van der Waals surface area contributed by atoms with Crippen molar-refractivity contribution in [2.75, 3.05) is 18.6 Å². The van der Waals surface area contributed by atoms with Crippen LogP contribution in [0.1, 0.15) is 38.3 Å². The number of ether oxygens (including phenoxy) is 2. The normalized spacial score (nSPS) is 25.8. The first-order chi connectivity index (χ1) is 16.9. The molecule has 0 radical (unpaired) electrons. The van der Waals surface area contributed by atoms with Crippen LogP contribution in [0.2, 0.25) is 0 Å². The molecule has 3 aromatic carbocycles. The number of rotatable bonds is 6. The third-order valence-corrected chi connectivity index (χ3v) is 8.08. The first-order valence-corrected chi connectivity index (χ1v) is 12.3. The number of aliphatic hydroxyl groups excluding tert-OH is 1. The van der Waals surface area contributed by atoms with Crippen molar-refractivity contribution in [1.82, 2.24) is 0 Å². The molecule has 1 saturated heterocycles. The van der Waals surface area contributed by atoms with Crippen LogP contribution >= 0.6 is 0 Å². The van der Waals surface area contributed by atoms with Crippen LogP contribution < -0.4 is 9.64 Å². The molecule has 0 aromatic heterocycles. The summed E-state index contributed by atoms with van der Waals surface area (Å²) in [5, 5.41) is 9.97. The predicted octanol–water partition coefficient (Wildman–Crippen LogP) is 5.58. The van der Waals surface area contributed by atoms with E-state index >= 15 is 0 Å². The van der Waals surface area contributed by atoms with E-state index < -0.39 is 5.60 Å². The number of amides is 1. The van der Waals surface area contributed by atoms with Crippen LogP contribution in [-0.2, 0) is 20.5 Å². The fourth-order valence-electron chi connectivity index (χ4n) is 6.42. The highest BCUT2D eigenvalue weighted by Crippen LogP contribution is 2.60. The second kappa shape index (κ2) is 8.81. The largest absolute Gasteiger partial charge is 0.497 e. The van der Waals surface area contributed by atoms with Gasteiger partial charge in [0, 0.05) is 29.7 Å². The Bertz CT molecular complexity index is 1210. The quantitative estimate of drug-likeness (QED) is 0.510. The Hall–Kier alpha value is -3.15. The monoisotopic (exact) mass is 471 g/mol. The zero-order valence-electron chi connectivity index (χ0n) is 20.8. The second-order valence-electron chi connectivity index (χ2n) is 10.2. The van der Waals surface area contributed by atoms with Gasteiger partial charge in [0.2, 0.25) is 0 Å². The Balaban J connectivity index is 1.63. The molecule has 182 valence electrons. The van der Waals surface area contributed by atoms with E-state index in [9.17, 15) is 9.90 Å². The number of para-hydroxylation sites is 2. The Kier molecular flexibility index (Phi) is 5.94. The maximum atomic E-state index is 14.4. The minimum absolute atomic E-state index is 0.000889. The van der Waals surface area contributed by atoms with Crippen LogP contribution in [0.4, 0.5) is 11.4 Å². The number of carbonyl (C=O) groups excluding carboxylic acids is 1. The molecular weight excluding hydrogens is 438 g/mol. The molecule has 1 fully saturated rings. The highest BCUT2D eigenvalue weighted by Gasteiger charge is 2.65. The van der Waals surface area contributed by atoms with Gasteiger partial charge in [-0.3, -0.25) is 9.69 Å². The molecule has 1 amide bonds. The number of anilines is 2. The molecule has 5 nitrogen and oxygen atoms in total. The van der Waals surface area contributed by atoms with Gasteiger partial charge < -0.3 is 14.6 Å². The number of hydrogen-bond acceptors (Lipinski definition) is 4. The summed E-state index contributed by atoms with van der Waals surface area (Å²) in [6, 6.07) is 25.8. The number of fused-ring (bicyclic) bond motifs is 2. The summed E-state index contributed by atoms with van der Waals surface area (Å²) < 4.78 is 12.2. The van der Waals surface area contributed by atoms with Gasteiger partial charge in [0.05, 0.1) is 18.9 Å². The van der Waals surface area contributed by atoms with Crippen molar-refractivity contribution in [3.05, 3.63) is 90.0 Å². The minimum atomic E-state index is -1.11. The number of nitrogens with zero attached hydrogens (tertiary/aromatic N) is 1. The molecule has 5 rings (SSSR count). The highest BCUT2D eigenvalue weighted by atomic mass is 16.5. The molecule has 4 atom stereocenters. The fourth-order valence-corrected chi connectivity index (χ4v) is 6.42. The molecule has 2 aliphatic heterocycles. The lowest BCUT2D eigenvalue weighted by Crippen LogP contribution is -2.44.